The van der Waals surface area contributed by atoms with E-state index >= 15 is 0 Å². The molecule has 1 aliphatic rings. The lowest BCUT2D eigenvalue weighted by Gasteiger charge is -2.17. The number of alkyl halides is 3. The average Bonchev–Trinajstić information content (AvgIpc) is 2.93. The van der Waals surface area contributed by atoms with Gasteiger partial charge in [-0.3, -0.25) is 0 Å². The first-order valence-corrected chi connectivity index (χ1v) is 11.4. The maximum atomic E-state index is 10.7. The van der Waals surface area contributed by atoms with Gasteiger partial charge in [-0.2, -0.15) is 13.2 Å². The van der Waals surface area contributed by atoms with E-state index in [1.54, 1.807) is 0 Å². The molecule has 1 heterocycles. The summed E-state index contributed by atoms with van der Waals surface area (Å²) in [6, 6.07) is 0.948. The zero-order valence-electron chi connectivity index (χ0n) is 16.2. The second-order valence-electron chi connectivity index (χ2n) is 7.28. The standard InChI is InChI=1S/C17H35N.CHF3O3S/c1-3-4-5-6-7-8-9-10-11-12-15-18-16-13-14-17(18)2;2-1(3,4)8(5,6)7/h17H,3-16H2,1-2H3;(H,5,6,7). The van der Waals surface area contributed by atoms with Crippen LogP contribution >= 0.6 is 0 Å². The lowest BCUT2D eigenvalue weighted by Crippen LogP contribution is -3.13. The van der Waals surface area contributed by atoms with Gasteiger partial charge in [0.05, 0.1) is 19.1 Å². The third-order valence-electron chi connectivity index (χ3n) is 4.97. The molecule has 0 aromatic heterocycles. The van der Waals surface area contributed by atoms with E-state index in [9.17, 15) is 13.2 Å². The second-order valence-corrected chi connectivity index (χ2v) is 8.65. The fourth-order valence-electron chi connectivity index (χ4n) is 3.30. The molecule has 1 saturated heterocycles. The number of halogens is 3. The van der Waals surface area contributed by atoms with Crippen LogP contribution in [0.2, 0.25) is 0 Å². The van der Waals surface area contributed by atoms with Crippen molar-refractivity contribution in [2.45, 2.75) is 102 Å². The summed E-state index contributed by atoms with van der Waals surface area (Å²) < 4.78 is 58.9. The average molecular weight is 404 g/mol. The normalized spacial score (nSPS) is 20.7. The molecule has 0 aromatic carbocycles. The third-order valence-corrected chi connectivity index (χ3v) is 5.53. The molecule has 0 aromatic rings. The maximum absolute atomic E-state index is 10.7. The maximum Gasteiger partial charge on any atom is 0.485 e. The van der Waals surface area contributed by atoms with Crippen molar-refractivity contribution in [2.24, 2.45) is 0 Å². The van der Waals surface area contributed by atoms with E-state index in [4.69, 9.17) is 13.0 Å². The molecule has 0 saturated carbocycles. The van der Waals surface area contributed by atoms with Gasteiger partial charge in [-0.25, -0.2) is 8.42 Å². The predicted octanol–water partition coefficient (Wildman–Crippen LogP) is 4.03. The summed E-state index contributed by atoms with van der Waals surface area (Å²) in [6.07, 6.45) is 17.6. The first-order chi connectivity index (χ1) is 12.1. The topological polar surface area (TPSA) is 61.6 Å². The molecule has 1 rings (SSSR count). The van der Waals surface area contributed by atoms with Crippen molar-refractivity contribution in [1.82, 2.24) is 0 Å². The number of unbranched alkanes of at least 4 members (excludes halogenated alkanes) is 9. The minimum atomic E-state index is -6.09. The van der Waals surface area contributed by atoms with Gasteiger partial charge in [0.1, 0.15) is 0 Å². The molecule has 0 amide bonds. The lowest BCUT2D eigenvalue weighted by atomic mass is 10.1. The van der Waals surface area contributed by atoms with Gasteiger partial charge in [0.15, 0.2) is 10.1 Å². The number of likely N-dealkylation sites (tertiary alicyclic amines) is 1. The number of quaternary nitrogens is 1. The van der Waals surface area contributed by atoms with E-state index in [0.29, 0.717) is 0 Å². The van der Waals surface area contributed by atoms with Crippen LogP contribution in [0.25, 0.3) is 0 Å². The molecule has 0 radical (unpaired) electrons. The first kappa shape index (κ1) is 25.7. The van der Waals surface area contributed by atoms with Crippen molar-refractivity contribution in [3.8, 4) is 0 Å². The van der Waals surface area contributed by atoms with Gasteiger partial charge in [-0.05, 0) is 19.8 Å². The molecule has 1 N–H and O–H groups in total. The third kappa shape index (κ3) is 12.9. The zero-order valence-corrected chi connectivity index (χ0v) is 17.1. The SMILES string of the molecule is CCCCCCCCCCCC[NH+]1CCCC1C.O=S(=O)([O-])C(F)(F)F. The molecule has 0 aliphatic carbocycles. The van der Waals surface area contributed by atoms with Crippen LogP contribution in [0.5, 0.6) is 0 Å². The highest BCUT2D eigenvalue weighted by Gasteiger charge is 2.36. The predicted molar refractivity (Wildman–Crippen MR) is 97.0 cm³/mol. The molecular weight excluding hydrogens is 367 g/mol. The minimum Gasteiger partial charge on any atom is -0.741 e. The minimum absolute atomic E-state index is 0.948. The monoisotopic (exact) mass is 403 g/mol. The summed E-state index contributed by atoms with van der Waals surface area (Å²) >= 11 is 0. The van der Waals surface area contributed by atoms with Gasteiger partial charge < -0.3 is 9.45 Å². The Balaban J connectivity index is 0.000000660. The molecule has 158 valence electrons. The van der Waals surface area contributed by atoms with E-state index in [-0.39, 0.29) is 0 Å². The quantitative estimate of drug-likeness (QED) is 0.322. The van der Waals surface area contributed by atoms with Crippen LogP contribution in [-0.2, 0) is 10.1 Å². The highest BCUT2D eigenvalue weighted by molar-refractivity contribution is 7.86. The van der Waals surface area contributed by atoms with Crippen molar-refractivity contribution in [3.63, 3.8) is 0 Å². The molecule has 1 fully saturated rings. The van der Waals surface area contributed by atoms with Gasteiger partial charge in [0.2, 0.25) is 0 Å². The fraction of sp³-hybridized carbons (Fsp3) is 1.00. The molecule has 0 spiro atoms. The van der Waals surface area contributed by atoms with E-state index in [0.717, 1.165) is 6.04 Å². The van der Waals surface area contributed by atoms with Crippen molar-refractivity contribution in [2.75, 3.05) is 13.1 Å². The van der Waals surface area contributed by atoms with Gasteiger partial charge in [-0.15, -0.1) is 0 Å². The lowest BCUT2D eigenvalue weighted by molar-refractivity contribution is -0.910. The highest BCUT2D eigenvalue weighted by Crippen LogP contribution is 2.20. The van der Waals surface area contributed by atoms with Gasteiger partial charge in [-0.1, -0.05) is 58.3 Å². The largest absolute Gasteiger partial charge is 0.741 e. The Bertz CT molecular complexity index is 441. The molecule has 1 aliphatic heterocycles. The van der Waals surface area contributed by atoms with Crippen molar-refractivity contribution >= 4 is 10.1 Å². The van der Waals surface area contributed by atoms with Crippen molar-refractivity contribution < 1.29 is 31.0 Å². The molecular formula is C18H36F3NO3S. The van der Waals surface area contributed by atoms with Crippen LogP contribution in [0, 0.1) is 0 Å². The first-order valence-electron chi connectivity index (χ1n) is 9.96. The Kier molecular flexibility index (Phi) is 13.6. The van der Waals surface area contributed by atoms with Gasteiger partial charge in [0, 0.05) is 12.8 Å². The summed E-state index contributed by atoms with van der Waals surface area (Å²) in [5.41, 5.74) is -5.65. The molecule has 2 unspecified atom stereocenters. The van der Waals surface area contributed by atoms with E-state index < -0.39 is 15.6 Å². The van der Waals surface area contributed by atoms with Crippen LogP contribution in [-0.4, -0.2) is 37.6 Å². The summed E-state index contributed by atoms with van der Waals surface area (Å²) in [4.78, 5) is 1.88. The van der Waals surface area contributed by atoms with E-state index in [1.165, 1.54) is 90.1 Å². The summed E-state index contributed by atoms with van der Waals surface area (Å²) in [5, 5.41) is 0. The second kappa shape index (κ2) is 13.8. The highest BCUT2D eigenvalue weighted by atomic mass is 32.2. The fourth-order valence-corrected chi connectivity index (χ4v) is 3.30. The van der Waals surface area contributed by atoms with Crippen molar-refractivity contribution in [3.05, 3.63) is 0 Å². The van der Waals surface area contributed by atoms with Gasteiger partial charge in [0.25, 0.3) is 0 Å². The molecule has 26 heavy (non-hydrogen) atoms. The molecule has 8 heteroatoms. The van der Waals surface area contributed by atoms with E-state index in [1.807, 2.05) is 4.90 Å². The van der Waals surface area contributed by atoms with Crippen LogP contribution in [0.4, 0.5) is 13.2 Å². The number of nitrogens with one attached hydrogen (secondary N) is 1. The summed E-state index contributed by atoms with van der Waals surface area (Å²) in [6.45, 7) is 7.61. The van der Waals surface area contributed by atoms with Crippen LogP contribution in [0.1, 0.15) is 90.9 Å². The summed E-state index contributed by atoms with van der Waals surface area (Å²) in [7, 11) is -6.09. The number of rotatable bonds is 11. The summed E-state index contributed by atoms with van der Waals surface area (Å²) in [5.74, 6) is 0. The number of hydrogen-bond acceptors (Lipinski definition) is 3. The van der Waals surface area contributed by atoms with Gasteiger partial charge >= 0.3 is 5.51 Å². The zero-order chi connectivity index (χ0) is 20.1. The smallest absolute Gasteiger partial charge is 0.485 e. The molecule has 2 atom stereocenters. The molecule has 0 bridgehead atoms. The molecule has 4 nitrogen and oxygen atoms in total. The Labute approximate surface area is 157 Å². The van der Waals surface area contributed by atoms with Crippen molar-refractivity contribution in [1.29, 1.82) is 0 Å². The van der Waals surface area contributed by atoms with Crippen LogP contribution in [0.3, 0.4) is 0 Å². The number of hydrogen-bond donors (Lipinski definition) is 1. The Hall–Kier alpha value is -0.340. The van der Waals surface area contributed by atoms with Crippen LogP contribution < -0.4 is 4.90 Å². The Morgan fingerprint density at radius 1 is 0.962 bits per heavy atom. The van der Waals surface area contributed by atoms with E-state index in [2.05, 4.69) is 13.8 Å². The Morgan fingerprint density at radius 3 is 1.73 bits per heavy atom. The van der Waals surface area contributed by atoms with Crippen LogP contribution in [0.15, 0.2) is 0 Å². The Morgan fingerprint density at radius 2 is 1.38 bits per heavy atom.